The Hall–Kier alpha value is -2.24. The predicted molar refractivity (Wildman–Crippen MR) is 100 cm³/mol. The smallest absolute Gasteiger partial charge is 0.188 e. The largest absolute Gasteiger partial charge is 0.374 e. The average Bonchev–Trinajstić information content (AvgIpc) is 2.67. The van der Waals surface area contributed by atoms with Crippen molar-refractivity contribution < 1.29 is 9.53 Å². The number of carbonyl (C=O) groups excluding carboxylic acids is 1. The first-order valence-corrected chi connectivity index (χ1v) is 8.78. The number of Topliss-reactive ketones (excluding diaryl/α,β-unsaturated/α-hetero) is 1. The molecule has 1 saturated heterocycles. The van der Waals surface area contributed by atoms with Crippen LogP contribution in [0.5, 0.6) is 0 Å². The summed E-state index contributed by atoms with van der Waals surface area (Å²) in [6, 6.07) is 12.0. The molecule has 0 N–H and O–H groups in total. The zero-order valence-corrected chi connectivity index (χ0v) is 14.9. The van der Waals surface area contributed by atoms with E-state index in [1.54, 1.807) is 12.3 Å². The van der Waals surface area contributed by atoms with E-state index in [9.17, 15) is 4.79 Å². The molecular formula is C20H25N3O2. The quantitative estimate of drug-likeness (QED) is 0.757. The summed E-state index contributed by atoms with van der Waals surface area (Å²) in [4.78, 5) is 21.3. The van der Waals surface area contributed by atoms with Gasteiger partial charge in [0.15, 0.2) is 5.78 Å². The Labute approximate surface area is 149 Å². The van der Waals surface area contributed by atoms with Crippen molar-refractivity contribution in [2.75, 3.05) is 51.3 Å². The number of aromatic nitrogens is 1. The van der Waals surface area contributed by atoms with Crippen molar-refractivity contribution in [3.8, 4) is 11.3 Å². The molecular weight excluding hydrogens is 314 g/mol. The molecule has 1 aromatic carbocycles. The molecule has 1 aliphatic rings. The minimum absolute atomic E-state index is 0.0143. The van der Waals surface area contributed by atoms with Crippen molar-refractivity contribution in [2.45, 2.75) is 6.92 Å². The van der Waals surface area contributed by atoms with E-state index in [2.05, 4.69) is 46.1 Å². The third-order valence-electron chi connectivity index (χ3n) is 4.55. The maximum Gasteiger partial charge on any atom is 0.188 e. The van der Waals surface area contributed by atoms with Gasteiger partial charge in [0, 0.05) is 55.8 Å². The van der Waals surface area contributed by atoms with Crippen LogP contribution in [0.4, 0.5) is 5.69 Å². The maximum atomic E-state index is 12.1. The van der Waals surface area contributed by atoms with Gasteiger partial charge >= 0.3 is 0 Å². The number of piperazine rings is 1. The lowest BCUT2D eigenvalue weighted by Gasteiger charge is -2.34. The lowest BCUT2D eigenvalue weighted by molar-refractivity contribution is 0.0783. The molecule has 25 heavy (non-hydrogen) atoms. The molecule has 132 valence electrons. The van der Waals surface area contributed by atoms with Gasteiger partial charge in [-0.3, -0.25) is 9.78 Å². The number of carbonyl (C=O) groups is 1. The molecule has 2 heterocycles. The second-order valence-corrected chi connectivity index (χ2v) is 6.33. The number of anilines is 1. The van der Waals surface area contributed by atoms with E-state index >= 15 is 0 Å². The Morgan fingerprint density at radius 1 is 1.12 bits per heavy atom. The number of benzene rings is 1. The summed E-state index contributed by atoms with van der Waals surface area (Å²) >= 11 is 0. The highest BCUT2D eigenvalue weighted by Gasteiger charge is 2.14. The van der Waals surface area contributed by atoms with Gasteiger partial charge in [0.05, 0.1) is 5.69 Å². The number of hydrogen-bond donors (Lipinski definition) is 0. The molecule has 0 saturated carbocycles. The van der Waals surface area contributed by atoms with Gasteiger partial charge in [0.1, 0.15) is 6.61 Å². The lowest BCUT2D eigenvalue weighted by Crippen LogP contribution is -2.44. The second kappa shape index (κ2) is 8.23. The molecule has 0 unspecified atom stereocenters. The summed E-state index contributed by atoms with van der Waals surface area (Å²) in [7, 11) is 2.16. The van der Waals surface area contributed by atoms with Crippen LogP contribution in [0.15, 0.2) is 42.6 Å². The molecule has 3 rings (SSSR count). The van der Waals surface area contributed by atoms with Crippen LogP contribution in [-0.2, 0) is 4.74 Å². The Bertz CT molecular complexity index is 707. The van der Waals surface area contributed by atoms with E-state index in [0.29, 0.717) is 12.2 Å². The molecule has 0 spiro atoms. The number of hydrogen-bond acceptors (Lipinski definition) is 5. The zero-order chi connectivity index (χ0) is 17.6. The summed E-state index contributed by atoms with van der Waals surface area (Å²) in [5, 5.41) is 0. The van der Waals surface area contributed by atoms with E-state index in [0.717, 1.165) is 37.4 Å². The number of ether oxygens (including phenoxy) is 1. The summed E-state index contributed by atoms with van der Waals surface area (Å²) in [5.41, 5.74) is 3.71. The van der Waals surface area contributed by atoms with Gasteiger partial charge in [-0.15, -0.1) is 0 Å². The fourth-order valence-electron chi connectivity index (χ4n) is 2.95. The van der Waals surface area contributed by atoms with Gasteiger partial charge in [-0.1, -0.05) is 12.1 Å². The van der Waals surface area contributed by atoms with Crippen molar-refractivity contribution in [1.82, 2.24) is 9.88 Å². The highest BCUT2D eigenvalue weighted by molar-refractivity contribution is 5.97. The Morgan fingerprint density at radius 2 is 1.84 bits per heavy atom. The number of rotatable bonds is 6. The van der Waals surface area contributed by atoms with Gasteiger partial charge in [-0.25, -0.2) is 0 Å². The van der Waals surface area contributed by atoms with E-state index in [1.165, 1.54) is 5.69 Å². The summed E-state index contributed by atoms with van der Waals surface area (Å²) in [6.45, 7) is 6.82. The molecule has 0 aliphatic carbocycles. The first-order valence-electron chi connectivity index (χ1n) is 8.78. The highest BCUT2D eigenvalue weighted by Crippen LogP contribution is 2.23. The van der Waals surface area contributed by atoms with Crippen LogP contribution in [0.1, 0.15) is 17.3 Å². The van der Waals surface area contributed by atoms with Gasteiger partial charge in [-0.05, 0) is 38.2 Å². The van der Waals surface area contributed by atoms with E-state index in [4.69, 9.17) is 4.74 Å². The summed E-state index contributed by atoms with van der Waals surface area (Å²) < 4.78 is 5.21. The zero-order valence-electron chi connectivity index (χ0n) is 14.9. The monoisotopic (exact) mass is 339 g/mol. The van der Waals surface area contributed by atoms with Crippen molar-refractivity contribution in [3.05, 3.63) is 48.2 Å². The van der Waals surface area contributed by atoms with Crippen LogP contribution in [0.3, 0.4) is 0 Å². The molecule has 0 bridgehead atoms. The molecule has 0 amide bonds. The third-order valence-corrected chi connectivity index (χ3v) is 4.55. The van der Waals surface area contributed by atoms with Crippen LogP contribution in [0.2, 0.25) is 0 Å². The van der Waals surface area contributed by atoms with Crippen LogP contribution in [0, 0.1) is 0 Å². The molecule has 5 heteroatoms. The predicted octanol–water partition coefficient (Wildman–Crippen LogP) is 2.72. The van der Waals surface area contributed by atoms with E-state index < -0.39 is 0 Å². The number of likely N-dealkylation sites (N-methyl/N-ethyl adjacent to an activating group) is 1. The SMILES string of the molecule is CCOCC(=O)c1ccnc(-c2ccc(N3CCN(C)CC3)cc2)c1. The molecule has 1 aliphatic heterocycles. The van der Waals surface area contributed by atoms with E-state index in [1.807, 2.05) is 13.0 Å². The lowest BCUT2D eigenvalue weighted by atomic mass is 10.1. The topological polar surface area (TPSA) is 45.7 Å². The minimum Gasteiger partial charge on any atom is -0.374 e. The van der Waals surface area contributed by atoms with Crippen LogP contribution >= 0.6 is 0 Å². The molecule has 0 atom stereocenters. The molecule has 0 radical (unpaired) electrons. The van der Waals surface area contributed by atoms with E-state index in [-0.39, 0.29) is 12.4 Å². The van der Waals surface area contributed by atoms with Crippen LogP contribution in [-0.4, -0.2) is 62.1 Å². The fraction of sp³-hybridized carbons (Fsp3) is 0.400. The maximum absolute atomic E-state index is 12.1. The Morgan fingerprint density at radius 3 is 2.52 bits per heavy atom. The van der Waals surface area contributed by atoms with Crippen molar-refractivity contribution in [1.29, 1.82) is 0 Å². The third kappa shape index (κ3) is 4.44. The summed E-state index contributed by atoms with van der Waals surface area (Å²) in [6.07, 6.45) is 1.68. The van der Waals surface area contributed by atoms with Crippen molar-refractivity contribution >= 4 is 11.5 Å². The van der Waals surface area contributed by atoms with Crippen molar-refractivity contribution in [3.63, 3.8) is 0 Å². The number of pyridine rings is 1. The van der Waals surface area contributed by atoms with Gasteiger partial charge in [-0.2, -0.15) is 0 Å². The highest BCUT2D eigenvalue weighted by atomic mass is 16.5. The Kier molecular flexibility index (Phi) is 5.79. The average molecular weight is 339 g/mol. The standard InChI is InChI=1S/C20H25N3O2/c1-3-25-15-20(24)17-8-9-21-19(14-17)16-4-6-18(7-5-16)23-12-10-22(2)11-13-23/h4-9,14H,3,10-13,15H2,1-2H3. The molecule has 5 nitrogen and oxygen atoms in total. The normalized spacial score (nSPS) is 15.4. The number of ketones is 1. The molecule has 2 aromatic rings. The molecule has 1 aromatic heterocycles. The van der Waals surface area contributed by atoms with Crippen LogP contribution < -0.4 is 4.90 Å². The van der Waals surface area contributed by atoms with Gasteiger partial charge in [0.25, 0.3) is 0 Å². The van der Waals surface area contributed by atoms with Crippen LogP contribution in [0.25, 0.3) is 11.3 Å². The molecule has 1 fully saturated rings. The summed E-state index contributed by atoms with van der Waals surface area (Å²) in [5.74, 6) is -0.0143. The number of nitrogens with zero attached hydrogens (tertiary/aromatic N) is 3. The van der Waals surface area contributed by atoms with Gasteiger partial charge in [0.2, 0.25) is 0 Å². The first kappa shape index (κ1) is 17.6. The fourth-order valence-corrected chi connectivity index (χ4v) is 2.95. The minimum atomic E-state index is -0.0143. The Balaban J connectivity index is 1.73. The van der Waals surface area contributed by atoms with Gasteiger partial charge < -0.3 is 14.5 Å². The first-order chi connectivity index (χ1) is 12.2. The van der Waals surface area contributed by atoms with Crippen molar-refractivity contribution in [2.24, 2.45) is 0 Å². The second-order valence-electron chi connectivity index (χ2n) is 6.33.